The van der Waals surface area contributed by atoms with Gasteiger partial charge in [0.25, 0.3) is 5.91 Å². The first-order valence-corrected chi connectivity index (χ1v) is 7.86. The summed E-state index contributed by atoms with van der Waals surface area (Å²) in [6.45, 7) is 10.6. The zero-order chi connectivity index (χ0) is 15.8. The van der Waals surface area contributed by atoms with Crippen molar-refractivity contribution in [2.24, 2.45) is 5.41 Å². The molecular weight excluding hydrogens is 282 g/mol. The van der Waals surface area contributed by atoms with Crippen molar-refractivity contribution in [2.75, 3.05) is 5.73 Å². The van der Waals surface area contributed by atoms with Gasteiger partial charge in [-0.05, 0) is 37.8 Å². The summed E-state index contributed by atoms with van der Waals surface area (Å²) in [4.78, 5) is 17.3. The van der Waals surface area contributed by atoms with E-state index in [9.17, 15) is 4.79 Å². The Hall–Kier alpha value is -1.62. The van der Waals surface area contributed by atoms with Crippen molar-refractivity contribution >= 4 is 33.1 Å². The first kappa shape index (κ1) is 15.8. The van der Waals surface area contributed by atoms with Gasteiger partial charge >= 0.3 is 0 Å². The number of nitrogens with two attached hydrogens (primary N) is 1. The van der Waals surface area contributed by atoms with Crippen LogP contribution in [0.4, 0.5) is 5.69 Å². The molecule has 0 spiro atoms. The van der Waals surface area contributed by atoms with E-state index >= 15 is 0 Å². The average Bonchev–Trinajstić information content (AvgIpc) is 2.64. The third kappa shape index (κ3) is 3.73. The topological polar surface area (TPSA) is 68.0 Å². The lowest BCUT2D eigenvalue weighted by Crippen LogP contribution is -2.45. The van der Waals surface area contributed by atoms with Gasteiger partial charge in [0, 0.05) is 11.7 Å². The molecule has 0 aromatic carbocycles. The normalized spacial score (nSPS) is 12.6. The van der Waals surface area contributed by atoms with E-state index < -0.39 is 0 Å². The summed E-state index contributed by atoms with van der Waals surface area (Å²) in [5, 5.41) is 3.09. The van der Waals surface area contributed by atoms with Crippen LogP contribution in [-0.2, 0) is 0 Å². The van der Waals surface area contributed by atoms with E-state index in [-0.39, 0.29) is 16.9 Å². The minimum Gasteiger partial charge on any atom is -0.396 e. The van der Waals surface area contributed by atoms with Gasteiger partial charge in [-0.25, -0.2) is 0 Å². The van der Waals surface area contributed by atoms with Crippen LogP contribution in [0, 0.1) is 5.41 Å². The maximum Gasteiger partial charge on any atom is 0.263 e. The molecule has 21 heavy (non-hydrogen) atoms. The molecule has 2 aromatic rings. The minimum absolute atomic E-state index is 0.121. The van der Waals surface area contributed by atoms with E-state index in [0.29, 0.717) is 16.1 Å². The van der Waals surface area contributed by atoms with Gasteiger partial charge in [0.2, 0.25) is 0 Å². The molecule has 0 saturated carbocycles. The number of carbonyl (C=O) groups is 1. The summed E-state index contributed by atoms with van der Waals surface area (Å²) in [5.74, 6) is -0.121. The molecule has 0 aliphatic carbocycles. The van der Waals surface area contributed by atoms with Crippen LogP contribution in [0.2, 0.25) is 0 Å². The number of hydrogen-bond acceptors (Lipinski definition) is 4. The number of hydrogen-bond donors (Lipinski definition) is 2. The Morgan fingerprint density at radius 3 is 2.57 bits per heavy atom. The SMILES string of the molecule is CC(C)(C)CC(C)(C)NC(=O)c1sc2cccnc2c1N. The van der Waals surface area contributed by atoms with Crippen molar-refractivity contribution in [3.8, 4) is 0 Å². The molecule has 1 amide bonds. The van der Waals surface area contributed by atoms with E-state index in [1.54, 1.807) is 6.20 Å². The maximum absolute atomic E-state index is 12.5. The second-order valence-corrected chi connectivity index (χ2v) is 8.32. The largest absolute Gasteiger partial charge is 0.396 e. The number of pyridine rings is 1. The second kappa shape index (κ2) is 5.30. The molecule has 114 valence electrons. The monoisotopic (exact) mass is 305 g/mol. The van der Waals surface area contributed by atoms with Crippen molar-refractivity contribution in [3.05, 3.63) is 23.2 Å². The van der Waals surface area contributed by atoms with Crippen molar-refractivity contribution < 1.29 is 4.79 Å². The fourth-order valence-electron chi connectivity index (χ4n) is 2.85. The highest BCUT2D eigenvalue weighted by atomic mass is 32.1. The van der Waals surface area contributed by atoms with Gasteiger partial charge in [-0.3, -0.25) is 9.78 Å². The molecule has 2 aromatic heterocycles. The lowest BCUT2D eigenvalue weighted by atomic mass is 9.82. The molecular formula is C16H23N3OS. The lowest BCUT2D eigenvalue weighted by Gasteiger charge is -2.33. The Kier molecular flexibility index (Phi) is 3.97. The molecule has 4 nitrogen and oxygen atoms in total. The van der Waals surface area contributed by atoms with Gasteiger partial charge in [0.15, 0.2) is 0 Å². The smallest absolute Gasteiger partial charge is 0.263 e. The van der Waals surface area contributed by atoms with Crippen LogP contribution in [-0.4, -0.2) is 16.4 Å². The molecule has 0 fully saturated rings. The van der Waals surface area contributed by atoms with Crippen molar-refractivity contribution in [1.29, 1.82) is 0 Å². The third-order valence-electron chi connectivity index (χ3n) is 3.11. The highest BCUT2D eigenvalue weighted by molar-refractivity contribution is 7.21. The van der Waals surface area contributed by atoms with Gasteiger partial charge in [0.1, 0.15) is 10.4 Å². The minimum atomic E-state index is -0.286. The predicted molar refractivity (Wildman–Crippen MR) is 89.6 cm³/mol. The van der Waals surface area contributed by atoms with Gasteiger partial charge in [-0.2, -0.15) is 0 Å². The Bertz CT molecular complexity index is 668. The zero-order valence-corrected chi connectivity index (χ0v) is 14.1. The molecule has 0 unspecified atom stereocenters. The molecule has 0 saturated heterocycles. The number of nitrogen functional groups attached to an aromatic ring is 1. The van der Waals surface area contributed by atoms with Gasteiger partial charge in [0.05, 0.1) is 10.4 Å². The van der Waals surface area contributed by atoms with E-state index in [1.807, 2.05) is 26.0 Å². The number of anilines is 1. The number of aromatic nitrogens is 1. The number of carbonyl (C=O) groups excluding carboxylic acids is 1. The number of rotatable bonds is 3. The predicted octanol–water partition coefficient (Wildman–Crippen LogP) is 3.82. The Morgan fingerprint density at radius 1 is 1.33 bits per heavy atom. The van der Waals surface area contributed by atoms with Crippen molar-refractivity contribution in [1.82, 2.24) is 10.3 Å². The first-order valence-electron chi connectivity index (χ1n) is 7.05. The Labute approximate surface area is 129 Å². The molecule has 0 radical (unpaired) electrons. The van der Waals surface area contributed by atoms with Crippen molar-refractivity contribution in [3.63, 3.8) is 0 Å². The summed E-state index contributed by atoms with van der Waals surface area (Å²) in [7, 11) is 0. The number of nitrogens with zero attached hydrogens (tertiary/aromatic N) is 1. The molecule has 0 aliphatic heterocycles. The summed E-state index contributed by atoms with van der Waals surface area (Å²) in [5.41, 5.74) is 7.11. The van der Waals surface area contributed by atoms with Crippen LogP contribution in [0.25, 0.3) is 10.2 Å². The standard InChI is InChI=1S/C16H23N3OS/c1-15(2,3)9-16(4,5)19-14(20)13-11(17)12-10(21-13)7-6-8-18-12/h6-8H,9,17H2,1-5H3,(H,19,20). The summed E-state index contributed by atoms with van der Waals surface area (Å²) in [6, 6.07) is 3.78. The van der Waals surface area contributed by atoms with Crippen LogP contribution in [0.1, 0.15) is 50.7 Å². The van der Waals surface area contributed by atoms with Crippen LogP contribution in [0.5, 0.6) is 0 Å². The Balaban J connectivity index is 2.25. The van der Waals surface area contributed by atoms with E-state index in [4.69, 9.17) is 5.73 Å². The summed E-state index contributed by atoms with van der Waals surface area (Å²) in [6.07, 6.45) is 2.57. The molecule has 0 aliphatic rings. The average molecular weight is 305 g/mol. The van der Waals surface area contributed by atoms with E-state index in [0.717, 1.165) is 11.1 Å². The van der Waals surface area contributed by atoms with E-state index in [2.05, 4.69) is 31.1 Å². The third-order valence-corrected chi connectivity index (χ3v) is 4.27. The van der Waals surface area contributed by atoms with Crippen LogP contribution < -0.4 is 11.1 Å². The molecule has 2 rings (SSSR count). The highest BCUT2D eigenvalue weighted by Crippen LogP contribution is 2.33. The molecule has 0 bridgehead atoms. The number of amides is 1. The number of thiophene rings is 1. The molecule has 5 heteroatoms. The Morgan fingerprint density at radius 2 is 2.00 bits per heavy atom. The zero-order valence-electron chi connectivity index (χ0n) is 13.3. The fourth-order valence-corrected chi connectivity index (χ4v) is 3.83. The van der Waals surface area contributed by atoms with Gasteiger partial charge in [-0.1, -0.05) is 20.8 Å². The van der Waals surface area contributed by atoms with Crippen molar-refractivity contribution in [2.45, 2.75) is 46.6 Å². The van der Waals surface area contributed by atoms with Gasteiger partial charge in [-0.15, -0.1) is 11.3 Å². The molecule has 0 atom stereocenters. The lowest BCUT2D eigenvalue weighted by molar-refractivity contribution is 0.0896. The fraction of sp³-hybridized carbons (Fsp3) is 0.500. The quantitative estimate of drug-likeness (QED) is 0.905. The summed E-state index contributed by atoms with van der Waals surface area (Å²) >= 11 is 1.39. The van der Waals surface area contributed by atoms with E-state index in [1.165, 1.54) is 11.3 Å². The van der Waals surface area contributed by atoms with Crippen LogP contribution >= 0.6 is 11.3 Å². The maximum atomic E-state index is 12.5. The second-order valence-electron chi connectivity index (χ2n) is 7.27. The number of nitrogens with one attached hydrogen (secondary N) is 1. The number of fused-ring (bicyclic) bond motifs is 1. The van der Waals surface area contributed by atoms with Crippen LogP contribution in [0.3, 0.4) is 0 Å². The van der Waals surface area contributed by atoms with Crippen LogP contribution in [0.15, 0.2) is 18.3 Å². The van der Waals surface area contributed by atoms with Gasteiger partial charge < -0.3 is 11.1 Å². The molecule has 3 N–H and O–H groups in total. The molecule has 2 heterocycles. The summed E-state index contributed by atoms with van der Waals surface area (Å²) < 4.78 is 0.939. The first-order chi connectivity index (χ1) is 9.59. The highest BCUT2D eigenvalue weighted by Gasteiger charge is 2.29.